The van der Waals surface area contributed by atoms with Gasteiger partial charge in [-0.1, -0.05) is 43.3 Å². The lowest BCUT2D eigenvalue weighted by Crippen LogP contribution is -2.43. The molecule has 3 rings (SSSR count). The smallest absolute Gasteiger partial charge is 0.315 e. The highest BCUT2D eigenvalue weighted by molar-refractivity contribution is 7.91. The van der Waals surface area contributed by atoms with Crippen molar-refractivity contribution < 1.29 is 18.3 Å². The highest BCUT2D eigenvalue weighted by atomic mass is 32.2. The van der Waals surface area contributed by atoms with Crippen LogP contribution in [0.1, 0.15) is 30.0 Å². The Bertz CT molecular complexity index is 925. The number of hydrogen-bond donors (Lipinski definition) is 3. The fraction of sp³-hybridized carbons (Fsp3) is 0.350. The number of sulfone groups is 1. The first-order valence-corrected chi connectivity index (χ1v) is 10.6. The fourth-order valence-corrected chi connectivity index (χ4v) is 4.19. The predicted octanol–water partition coefficient (Wildman–Crippen LogP) is 2.11. The molecule has 3 N–H and O–H groups in total. The summed E-state index contributed by atoms with van der Waals surface area (Å²) in [6, 6.07) is 13.8. The fourth-order valence-electron chi connectivity index (χ4n) is 3.30. The zero-order chi connectivity index (χ0) is 19.5. The van der Waals surface area contributed by atoms with E-state index < -0.39 is 15.4 Å². The van der Waals surface area contributed by atoms with Crippen LogP contribution < -0.4 is 10.6 Å². The number of carbonyl (C=O) groups excluding carboxylic acids is 1. The van der Waals surface area contributed by atoms with Crippen LogP contribution in [0.3, 0.4) is 0 Å². The number of amides is 2. The first kappa shape index (κ1) is 19.4. The lowest BCUT2D eigenvalue weighted by atomic mass is 9.96. The van der Waals surface area contributed by atoms with Gasteiger partial charge in [-0.3, -0.25) is 0 Å². The van der Waals surface area contributed by atoms with Crippen LogP contribution in [0.5, 0.6) is 0 Å². The van der Waals surface area contributed by atoms with Crippen molar-refractivity contribution in [3.63, 3.8) is 0 Å². The number of urea groups is 1. The highest BCUT2D eigenvalue weighted by Gasteiger charge is 2.36. The lowest BCUT2D eigenvalue weighted by molar-refractivity contribution is 0.0412. The molecule has 0 saturated carbocycles. The molecule has 1 aliphatic carbocycles. The molecule has 0 aromatic heterocycles. The van der Waals surface area contributed by atoms with Crippen LogP contribution in [-0.4, -0.2) is 31.9 Å². The minimum Gasteiger partial charge on any atom is -0.383 e. The van der Waals surface area contributed by atoms with Gasteiger partial charge in [-0.25, -0.2) is 13.2 Å². The molecule has 0 fully saturated rings. The summed E-state index contributed by atoms with van der Waals surface area (Å²) in [7, 11) is -3.22. The maximum atomic E-state index is 12.1. The molecule has 0 spiro atoms. The average Bonchev–Trinajstić information content (AvgIpc) is 3.03. The van der Waals surface area contributed by atoms with Crippen molar-refractivity contribution in [2.75, 3.05) is 12.3 Å². The molecule has 0 bridgehead atoms. The number of nitrogens with one attached hydrogen (secondary N) is 2. The average molecular weight is 388 g/mol. The van der Waals surface area contributed by atoms with Crippen molar-refractivity contribution in [3.8, 4) is 0 Å². The summed E-state index contributed by atoms with van der Waals surface area (Å²) < 4.78 is 23.6. The molecule has 7 heteroatoms. The number of aliphatic hydroxyl groups is 1. The standard InChI is InChI=1S/C20H24N2O4S/c1-2-27(25,26)17-9-7-15(8-10-17)13-21-19(23)22-14-20(24)12-11-16-5-3-4-6-18(16)20/h3-10,24H,2,11-14H2,1H3,(H2,21,22,23). The van der Waals surface area contributed by atoms with Crippen molar-refractivity contribution in [2.24, 2.45) is 0 Å². The van der Waals surface area contributed by atoms with Crippen molar-refractivity contribution in [1.29, 1.82) is 0 Å². The Kier molecular flexibility index (Phi) is 5.53. The van der Waals surface area contributed by atoms with Gasteiger partial charge in [-0.2, -0.15) is 0 Å². The van der Waals surface area contributed by atoms with E-state index in [4.69, 9.17) is 0 Å². The van der Waals surface area contributed by atoms with Gasteiger partial charge in [-0.05, 0) is 41.7 Å². The molecule has 2 aromatic rings. The van der Waals surface area contributed by atoms with Gasteiger partial charge < -0.3 is 15.7 Å². The second-order valence-corrected chi connectivity index (χ2v) is 9.05. The Hall–Kier alpha value is -2.38. The summed E-state index contributed by atoms with van der Waals surface area (Å²) in [5.74, 6) is 0.0546. The molecule has 6 nitrogen and oxygen atoms in total. The number of aryl methyl sites for hydroxylation is 1. The van der Waals surface area contributed by atoms with E-state index in [1.54, 1.807) is 31.2 Å². The van der Waals surface area contributed by atoms with Crippen LogP contribution in [0.4, 0.5) is 4.79 Å². The molecule has 1 atom stereocenters. The molecule has 2 aromatic carbocycles. The molecule has 0 radical (unpaired) electrons. The minimum absolute atomic E-state index is 0.0546. The Morgan fingerprint density at radius 2 is 1.81 bits per heavy atom. The molecule has 1 aliphatic rings. The van der Waals surface area contributed by atoms with E-state index in [1.165, 1.54) is 0 Å². The minimum atomic E-state index is -3.22. The third-order valence-corrected chi connectivity index (χ3v) is 6.73. The van der Waals surface area contributed by atoms with E-state index in [-0.39, 0.29) is 29.8 Å². The van der Waals surface area contributed by atoms with E-state index in [1.807, 2.05) is 24.3 Å². The van der Waals surface area contributed by atoms with E-state index >= 15 is 0 Å². The largest absolute Gasteiger partial charge is 0.383 e. The number of carbonyl (C=O) groups is 1. The number of hydrogen-bond acceptors (Lipinski definition) is 4. The van der Waals surface area contributed by atoms with Crippen molar-refractivity contribution in [1.82, 2.24) is 10.6 Å². The topological polar surface area (TPSA) is 95.5 Å². The second kappa shape index (κ2) is 7.70. The summed E-state index contributed by atoms with van der Waals surface area (Å²) in [6.45, 7) is 2.02. The van der Waals surface area contributed by atoms with Crippen LogP contribution in [0.2, 0.25) is 0 Å². The highest BCUT2D eigenvalue weighted by Crippen LogP contribution is 2.36. The van der Waals surface area contributed by atoms with Gasteiger partial charge in [-0.15, -0.1) is 0 Å². The Morgan fingerprint density at radius 3 is 2.52 bits per heavy atom. The molecule has 27 heavy (non-hydrogen) atoms. The first-order chi connectivity index (χ1) is 12.8. The summed E-state index contributed by atoms with van der Waals surface area (Å²) in [6.07, 6.45) is 1.38. The van der Waals surface area contributed by atoms with Crippen LogP contribution in [-0.2, 0) is 28.4 Å². The zero-order valence-corrected chi connectivity index (χ0v) is 16.1. The Morgan fingerprint density at radius 1 is 1.11 bits per heavy atom. The molecular weight excluding hydrogens is 364 g/mol. The third-order valence-electron chi connectivity index (χ3n) is 4.98. The summed E-state index contributed by atoms with van der Waals surface area (Å²) in [5.41, 5.74) is 1.75. The van der Waals surface area contributed by atoms with Gasteiger partial charge in [0.05, 0.1) is 17.2 Å². The monoisotopic (exact) mass is 388 g/mol. The van der Waals surface area contributed by atoms with Gasteiger partial charge in [0, 0.05) is 6.54 Å². The molecular formula is C20H24N2O4S. The van der Waals surface area contributed by atoms with Crippen LogP contribution in [0.25, 0.3) is 0 Å². The number of benzene rings is 2. The molecule has 0 heterocycles. The second-order valence-electron chi connectivity index (χ2n) is 6.77. The number of fused-ring (bicyclic) bond motifs is 1. The van der Waals surface area contributed by atoms with Crippen molar-refractivity contribution in [2.45, 2.75) is 36.8 Å². The van der Waals surface area contributed by atoms with Gasteiger partial charge in [0.1, 0.15) is 5.60 Å². The van der Waals surface area contributed by atoms with Gasteiger partial charge in [0.25, 0.3) is 0 Å². The van der Waals surface area contributed by atoms with Crippen LogP contribution in [0.15, 0.2) is 53.4 Å². The molecule has 144 valence electrons. The molecule has 2 amide bonds. The Balaban J connectivity index is 1.52. The van der Waals surface area contributed by atoms with Crippen LogP contribution >= 0.6 is 0 Å². The van der Waals surface area contributed by atoms with E-state index in [0.717, 1.165) is 23.1 Å². The molecule has 0 aliphatic heterocycles. The molecule has 0 saturated heterocycles. The van der Waals surface area contributed by atoms with E-state index in [9.17, 15) is 18.3 Å². The van der Waals surface area contributed by atoms with Gasteiger partial charge in [0.15, 0.2) is 9.84 Å². The third kappa shape index (κ3) is 4.31. The van der Waals surface area contributed by atoms with E-state index in [0.29, 0.717) is 6.42 Å². The maximum absolute atomic E-state index is 12.1. The van der Waals surface area contributed by atoms with Crippen molar-refractivity contribution in [3.05, 3.63) is 65.2 Å². The summed E-state index contributed by atoms with van der Waals surface area (Å²) >= 11 is 0. The molecule has 1 unspecified atom stereocenters. The first-order valence-electron chi connectivity index (χ1n) is 8.98. The quantitative estimate of drug-likeness (QED) is 0.706. The Labute approximate surface area is 159 Å². The zero-order valence-electron chi connectivity index (χ0n) is 15.2. The number of rotatable bonds is 6. The SMILES string of the molecule is CCS(=O)(=O)c1ccc(CNC(=O)NCC2(O)CCc3ccccc32)cc1. The van der Waals surface area contributed by atoms with Gasteiger partial charge in [0.2, 0.25) is 0 Å². The maximum Gasteiger partial charge on any atom is 0.315 e. The van der Waals surface area contributed by atoms with Crippen molar-refractivity contribution >= 4 is 15.9 Å². The predicted molar refractivity (Wildman–Crippen MR) is 103 cm³/mol. The van der Waals surface area contributed by atoms with Crippen LogP contribution in [0, 0.1) is 0 Å². The van der Waals surface area contributed by atoms with Gasteiger partial charge >= 0.3 is 6.03 Å². The summed E-state index contributed by atoms with van der Waals surface area (Å²) in [4.78, 5) is 12.3. The van der Waals surface area contributed by atoms with E-state index in [2.05, 4.69) is 10.6 Å². The summed E-state index contributed by atoms with van der Waals surface area (Å²) in [5, 5.41) is 16.3. The normalized spacial score (nSPS) is 18.7. The lowest BCUT2D eigenvalue weighted by Gasteiger charge is -2.24.